The van der Waals surface area contributed by atoms with Gasteiger partial charge in [0.25, 0.3) is 0 Å². The van der Waals surface area contributed by atoms with Crippen LogP contribution in [0.15, 0.2) is 12.4 Å². The van der Waals surface area contributed by atoms with Gasteiger partial charge in [0.2, 0.25) is 0 Å². The van der Waals surface area contributed by atoms with Crippen LogP contribution in [-0.2, 0) is 4.74 Å². The maximum atomic E-state index is 11.1. The predicted molar refractivity (Wildman–Crippen MR) is 67.7 cm³/mol. The van der Waals surface area contributed by atoms with Crippen LogP contribution in [0.3, 0.4) is 0 Å². The van der Waals surface area contributed by atoms with Crippen molar-refractivity contribution in [2.45, 2.75) is 12.5 Å². The van der Waals surface area contributed by atoms with Crippen LogP contribution >= 0.6 is 0 Å². The molecule has 7 heteroatoms. The minimum atomic E-state index is -0.392. The molecule has 0 aliphatic carbocycles. The molecule has 2 rings (SSSR count). The number of amides is 1. The Bertz CT molecular complexity index is 426. The average molecular weight is 251 g/mol. The SMILES string of the molecule is CNc1cncc(N2CCC(NC(=O)OC)C2)n1. The van der Waals surface area contributed by atoms with Crippen LogP contribution in [0.2, 0.25) is 0 Å². The zero-order chi connectivity index (χ0) is 13.0. The van der Waals surface area contributed by atoms with E-state index in [4.69, 9.17) is 0 Å². The summed E-state index contributed by atoms with van der Waals surface area (Å²) in [6, 6.07) is 0.0949. The van der Waals surface area contributed by atoms with Gasteiger partial charge in [-0.15, -0.1) is 0 Å². The first-order chi connectivity index (χ1) is 8.72. The largest absolute Gasteiger partial charge is 0.453 e. The van der Waals surface area contributed by atoms with Crippen molar-refractivity contribution < 1.29 is 9.53 Å². The van der Waals surface area contributed by atoms with Gasteiger partial charge in [-0.05, 0) is 6.42 Å². The minimum absolute atomic E-state index is 0.0949. The van der Waals surface area contributed by atoms with Crippen LogP contribution < -0.4 is 15.5 Å². The maximum absolute atomic E-state index is 11.1. The summed E-state index contributed by atoms with van der Waals surface area (Å²) in [6.45, 7) is 1.56. The molecule has 0 saturated carbocycles. The molecule has 1 amide bonds. The van der Waals surface area contributed by atoms with Crippen molar-refractivity contribution >= 4 is 17.7 Å². The topological polar surface area (TPSA) is 79.4 Å². The molecule has 18 heavy (non-hydrogen) atoms. The second-order valence-electron chi connectivity index (χ2n) is 4.08. The number of alkyl carbamates (subject to hydrolysis) is 1. The number of ether oxygens (including phenoxy) is 1. The van der Waals surface area contributed by atoms with E-state index in [1.165, 1.54) is 7.11 Å². The third kappa shape index (κ3) is 2.79. The first-order valence-corrected chi connectivity index (χ1v) is 5.82. The van der Waals surface area contributed by atoms with Gasteiger partial charge in [0.05, 0.1) is 25.5 Å². The smallest absolute Gasteiger partial charge is 0.407 e. The lowest BCUT2D eigenvalue weighted by molar-refractivity contribution is 0.167. The Morgan fingerprint density at radius 3 is 3.11 bits per heavy atom. The van der Waals surface area contributed by atoms with Crippen LogP contribution in [0, 0.1) is 0 Å². The number of carbonyl (C=O) groups excluding carboxylic acids is 1. The van der Waals surface area contributed by atoms with Crippen molar-refractivity contribution in [2.24, 2.45) is 0 Å². The summed E-state index contributed by atoms with van der Waals surface area (Å²) < 4.78 is 4.58. The molecular formula is C11H17N5O2. The number of methoxy groups -OCH3 is 1. The highest BCUT2D eigenvalue weighted by Crippen LogP contribution is 2.18. The third-order valence-electron chi connectivity index (χ3n) is 2.90. The van der Waals surface area contributed by atoms with E-state index in [2.05, 4.69) is 30.2 Å². The zero-order valence-electron chi connectivity index (χ0n) is 10.5. The molecule has 0 bridgehead atoms. The van der Waals surface area contributed by atoms with Gasteiger partial charge in [-0.2, -0.15) is 0 Å². The van der Waals surface area contributed by atoms with Crippen molar-refractivity contribution in [1.29, 1.82) is 0 Å². The molecule has 1 fully saturated rings. The Labute approximate surface area is 106 Å². The summed E-state index contributed by atoms with van der Waals surface area (Å²) in [6.07, 6.45) is 3.88. The molecule has 2 N–H and O–H groups in total. The van der Waals surface area contributed by atoms with Gasteiger partial charge in [-0.1, -0.05) is 0 Å². The molecule has 1 aromatic rings. The summed E-state index contributed by atoms with van der Waals surface area (Å²) in [7, 11) is 3.17. The lowest BCUT2D eigenvalue weighted by Gasteiger charge is -2.17. The maximum Gasteiger partial charge on any atom is 0.407 e. The van der Waals surface area contributed by atoms with E-state index in [9.17, 15) is 4.79 Å². The molecule has 98 valence electrons. The van der Waals surface area contributed by atoms with Crippen LogP contribution in [0.1, 0.15) is 6.42 Å². The Hall–Kier alpha value is -2.05. The summed E-state index contributed by atoms with van der Waals surface area (Å²) >= 11 is 0. The van der Waals surface area contributed by atoms with Crippen LogP contribution in [-0.4, -0.2) is 49.4 Å². The number of carbonyl (C=O) groups is 1. The number of nitrogens with one attached hydrogen (secondary N) is 2. The van der Waals surface area contributed by atoms with Gasteiger partial charge in [0.15, 0.2) is 0 Å². The molecule has 1 aromatic heterocycles. The Morgan fingerprint density at radius 1 is 1.56 bits per heavy atom. The first kappa shape index (κ1) is 12.4. The number of anilines is 2. The second-order valence-corrected chi connectivity index (χ2v) is 4.08. The Kier molecular flexibility index (Phi) is 3.81. The third-order valence-corrected chi connectivity index (χ3v) is 2.90. The van der Waals surface area contributed by atoms with E-state index < -0.39 is 6.09 Å². The molecule has 1 atom stereocenters. The molecule has 1 saturated heterocycles. The van der Waals surface area contributed by atoms with Gasteiger partial charge in [-0.3, -0.25) is 4.98 Å². The van der Waals surface area contributed by atoms with Crippen molar-refractivity contribution in [1.82, 2.24) is 15.3 Å². The fraction of sp³-hybridized carbons (Fsp3) is 0.545. The Morgan fingerprint density at radius 2 is 2.39 bits per heavy atom. The Balaban J connectivity index is 1.97. The summed E-state index contributed by atoms with van der Waals surface area (Å²) in [4.78, 5) is 21.8. The molecule has 0 spiro atoms. The van der Waals surface area contributed by atoms with E-state index in [-0.39, 0.29) is 6.04 Å². The van der Waals surface area contributed by atoms with Gasteiger partial charge in [0.1, 0.15) is 11.6 Å². The van der Waals surface area contributed by atoms with Crippen molar-refractivity contribution in [2.75, 3.05) is 37.5 Å². The van der Waals surface area contributed by atoms with E-state index in [1.807, 2.05) is 0 Å². The highest BCUT2D eigenvalue weighted by atomic mass is 16.5. The molecule has 1 aliphatic heterocycles. The second kappa shape index (κ2) is 5.52. The van der Waals surface area contributed by atoms with E-state index >= 15 is 0 Å². The van der Waals surface area contributed by atoms with Crippen molar-refractivity contribution in [3.8, 4) is 0 Å². The average Bonchev–Trinajstić information content (AvgIpc) is 2.87. The lowest BCUT2D eigenvalue weighted by Crippen LogP contribution is -2.37. The summed E-state index contributed by atoms with van der Waals surface area (Å²) in [5.74, 6) is 1.55. The molecule has 2 heterocycles. The molecule has 0 radical (unpaired) electrons. The summed E-state index contributed by atoms with van der Waals surface area (Å²) in [5.41, 5.74) is 0. The van der Waals surface area contributed by atoms with Crippen molar-refractivity contribution in [3.05, 3.63) is 12.4 Å². The quantitative estimate of drug-likeness (QED) is 0.812. The van der Waals surface area contributed by atoms with Gasteiger partial charge < -0.3 is 20.3 Å². The van der Waals surface area contributed by atoms with E-state index in [0.717, 1.165) is 31.1 Å². The number of nitrogens with zero attached hydrogens (tertiary/aromatic N) is 3. The van der Waals surface area contributed by atoms with Crippen LogP contribution in [0.4, 0.5) is 16.4 Å². The van der Waals surface area contributed by atoms with Crippen LogP contribution in [0.5, 0.6) is 0 Å². The monoisotopic (exact) mass is 251 g/mol. The van der Waals surface area contributed by atoms with Crippen LogP contribution in [0.25, 0.3) is 0 Å². The fourth-order valence-corrected chi connectivity index (χ4v) is 1.94. The van der Waals surface area contributed by atoms with E-state index in [1.54, 1.807) is 19.4 Å². The predicted octanol–water partition coefficient (Wildman–Crippen LogP) is 0.453. The van der Waals surface area contributed by atoms with E-state index in [0.29, 0.717) is 0 Å². The van der Waals surface area contributed by atoms with Crippen molar-refractivity contribution in [3.63, 3.8) is 0 Å². The van der Waals surface area contributed by atoms with Gasteiger partial charge in [-0.25, -0.2) is 9.78 Å². The fourth-order valence-electron chi connectivity index (χ4n) is 1.94. The molecule has 1 aliphatic rings. The number of rotatable bonds is 3. The normalized spacial score (nSPS) is 18.6. The van der Waals surface area contributed by atoms with Gasteiger partial charge in [0, 0.05) is 20.1 Å². The highest BCUT2D eigenvalue weighted by molar-refractivity contribution is 5.67. The molecule has 1 unspecified atom stereocenters. The minimum Gasteiger partial charge on any atom is -0.453 e. The zero-order valence-corrected chi connectivity index (χ0v) is 10.5. The number of aromatic nitrogens is 2. The lowest BCUT2D eigenvalue weighted by atomic mass is 10.3. The molecule has 7 nitrogen and oxygen atoms in total. The number of hydrogen-bond acceptors (Lipinski definition) is 6. The standard InChI is InChI=1S/C11H17N5O2/c1-12-9-5-13-6-10(15-9)16-4-3-8(7-16)14-11(17)18-2/h5-6,8H,3-4,7H2,1-2H3,(H,12,15)(H,14,17). The number of hydrogen-bond donors (Lipinski definition) is 2. The summed E-state index contributed by atoms with van der Waals surface area (Å²) in [5, 5.41) is 5.74. The first-order valence-electron chi connectivity index (χ1n) is 5.82. The highest BCUT2D eigenvalue weighted by Gasteiger charge is 2.25. The van der Waals surface area contributed by atoms with Gasteiger partial charge >= 0.3 is 6.09 Å². The molecular weight excluding hydrogens is 234 g/mol. The molecule has 0 aromatic carbocycles.